The zero-order valence-corrected chi connectivity index (χ0v) is 25.8. The lowest BCUT2D eigenvalue weighted by atomic mass is 10.0. The van der Waals surface area contributed by atoms with Crippen LogP contribution in [0.1, 0.15) is 48.3 Å². The number of carbonyl (C=O) groups is 1. The average molecular weight is 630 g/mol. The van der Waals surface area contributed by atoms with Crippen molar-refractivity contribution in [3.05, 3.63) is 64.9 Å². The molecule has 236 valence electrons. The van der Waals surface area contributed by atoms with Gasteiger partial charge in [-0.1, -0.05) is 0 Å². The molecule has 3 aromatic rings. The average Bonchev–Trinajstić information content (AvgIpc) is 3.67. The lowest BCUT2D eigenvalue weighted by Gasteiger charge is -2.30. The molecule has 3 aliphatic heterocycles. The number of benzene rings is 2. The minimum atomic E-state index is -4.30. The van der Waals surface area contributed by atoms with Crippen molar-refractivity contribution in [1.82, 2.24) is 19.4 Å². The number of hydrogen-bond acceptors (Lipinski definition) is 8. The number of rotatable bonds is 8. The zero-order chi connectivity index (χ0) is 31.2. The Morgan fingerprint density at radius 3 is 2.52 bits per heavy atom. The van der Waals surface area contributed by atoms with Crippen molar-refractivity contribution >= 4 is 33.1 Å². The normalized spacial score (nSPS) is 20.6. The molecule has 0 saturated carbocycles. The molecule has 3 aliphatic rings. The Kier molecular flexibility index (Phi) is 8.11. The van der Waals surface area contributed by atoms with Crippen LogP contribution in [0.5, 0.6) is 0 Å². The number of carbonyl (C=O) groups excluding carboxylic acids is 1. The molecule has 2 fully saturated rings. The van der Waals surface area contributed by atoms with Crippen molar-refractivity contribution in [2.75, 3.05) is 62.0 Å². The number of nitrogens with zero attached hydrogens (tertiary/aromatic N) is 4. The van der Waals surface area contributed by atoms with E-state index in [4.69, 9.17) is 4.74 Å². The second kappa shape index (κ2) is 11.7. The maximum atomic E-state index is 13.9. The lowest BCUT2D eigenvalue weighted by molar-refractivity contribution is 0.102. The summed E-state index contributed by atoms with van der Waals surface area (Å²) in [7, 11) is -2.20. The van der Waals surface area contributed by atoms with Gasteiger partial charge < -0.3 is 25.2 Å². The predicted molar refractivity (Wildman–Crippen MR) is 162 cm³/mol. The number of likely N-dealkylation sites (N-methyl/N-ethyl adjacent to an activating group) is 1. The summed E-state index contributed by atoms with van der Waals surface area (Å²) in [5.74, 6) is -2.18. The molecule has 6 rings (SSSR count). The largest absolute Gasteiger partial charge is 0.383 e. The van der Waals surface area contributed by atoms with E-state index in [0.717, 1.165) is 54.6 Å². The molecule has 0 radical (unpaired) electrons. The molecule has 44 heavy (non-hydrogen) atoms. The monoisotopic (exact) mass is 629 g/mol. The molecule has 3 N–H and O–H groups in total. The van der Waals surface area contributed by atoms with E-state index in [2.05, 4.69) is 37.7 Å². The van der Waals surface area contributed by atoms with Gasteiger partial charge in [0.15, 0.2) is 5.82 Å². The van der Waals surface area contributed by atoms with E-state index in [1.807, 2.05) is 12.1 Å². The number of anilines is 3. The van der Waals surface area contributed by atoms with Crippen molar-refractivity contribution < 1.29 is 26.7 Å². The van der Waals surface area contributed by atoms with Gasteiger partial charge in [0.05, 0.1) is 34.9 Å². The number of aromatic nitrogens is 2. The number of fused-ring (bicyclic) bond motifs is 1. The number of sulfonamides is 1. The number of halogens is 2. The van der Waals surface area contributed by atoms with Crippen LogP contribution in [0.2, 0.25) is 0 Å². The Labute approximate surface area is 255 Å². The molecular formula is C30H37F2N7O4S. The Morgan fingerprint density at radius 2 is 1.84 bits per heavy atom. The predicted octanol–water partition coefficient (Wildman–Crippen LogP) is 3.72. The minimum Gasteiger partial charge on any atom is -0.383 e. The van der Waals surface area contributed by atoms with Crippen LogP contribution in [0.4, 0.5) is 26.0 Å². The van der Waals surface area contributed by atoms with Crippen LogP contribution in [-0.2, 0) is 26.8 Å². The van der Waals surface area contributed by atoms with Crippen LogP contribution in [0, 0.1) is 11.6 Å². The summed E-state index contributed by atoms with van der Waals surface area (Å²) in [6.45, 7) is 7.70. The van der Waals surface area contributed by atoms with Gasteiger partial charge in [-0.15, -0.1) is 0 Å². The van der Waals surface area contributed by atoms with Gasteiger partial charge in [-0.2, -0.15) is 9.40 Å². The summed E-state index contributed by atoms with van der Waals surface area (Å²) < 4.78 is 61.6. The Bertz CT molecular complexity index is 1650. The maximum Gasteiger partial charge on any atom is 0.258 e. The van der Waals surface area contributed by atoms with Gasteiger partial charge in [0, 0.05) is 55.2 Å². The Hall–Kier alpha value is -3.59. The van der Waals surface area contributed by atoms with Crippen molar-refractivity contribution in [1.29, 1.82) is 0 Å². The van der Waals surface area contributed by atoms with Crippen LogP contribution >= 0.6 is 0 Å². The highest BCUT2D eigenvalue weighted by Gasteiger charge is 2.48. The number of nitrogens with one attached hydrogen (secondary N) is 3. The SMILES string of the molecule is CN1CCC[C@@H]1CNc1cc(N2CCOCC2)ccc1C(=O)Nc1n[nH]c2c1CN(S(=O)(=O)c1cc(F)cc(F)c1)C2(C)C. The van der Waals surface area contributed by atoms with Gasteiger partial charge in [0.25, 0.3) is 5.91 Å². The number of likely N-dealkylation sites (tertiary alicyclic amines) is 1. The minimum absolute atomic E-state index is 0.149. The van der Waals surface area contributed by atoms with E-state index in [0.29, 0.717) is 54.4 Å². The van der Waals surface area contributed by atoms with Gasteiger partial charge in [-0.05, 0) is 70.6 Å². The molecule has 14 heteroatoms. The highest BCUT2D eigenvalue weighted by molar-refractivity contribution is 7.89. The molecule has 0 spiro atoms. The fourth-order valence-electron chi connectivity index (χ4n) is 6.32. The first-order valence-corrected chi connectivity index (χ1v) is 16.2. The molecule has 0 unspecified atom stereocenters. The highest BCUT2D eigenvalue weighted by atomic mass is 32.2. The van der Waals surface area contributed by atoms with Gasteiger partial charge >= 0.3 is 0 Å². The summed E-state index contributed by atoms with van der Waals surface area (Å²) in [5, 5.41) is 13.6. The summed E-state index contributed by atoms with van der Waals surface area (Å²) in [5.41, 5.74) is 1.94. The van der Waals surface area contributed by atoms with E-state index >= 15 is 0 Å². The van der Waals surface area contributed by atoms with Crippen molar-refractivity contribution in [3.63, 3.8) is 0 Å². The highest BCUT2D eigenvalue weighted by Crippen LogP contribution is 2.44. The van der Waals surface area contributed by atoms with Gasteiger partial charge in [0.2, 0.25) is 10.0 Å². The third-order valence-electron chi connectivity index (χ3n) is 8.88. The van der Waals surface area contributed by atoms with Crippen LogP contribution in [0.25, 0.3) is 0 Å². The Morgan fingerprint density at radius 1 is 1.11 bits per heavy atom. The fourth-order valence-corrected chi connectivity index (χ4v) is 8.09. The number of amides is 1. The maximum absolute atomic E-state index is 13.9. The third-order valence-corrected chi connectivity index (χ3v) is 10.9. The summed E-state index contributed by atoms with van der Waals surface area (Å²) >= 11 is 0. The number of morpholine rings is 1. The van der Waals surface area contributed by atoms with E-state index in [1.165, 1.54) is 0 Å². The molecule has 4 heterocycles. The van der Waals surface area contributed by atoms with Crippen molar-refractivity contribution in [2.24, 2.45) is 0 Å². The molecule has 2 aromatic carbocycles. The number of ether oxygens (including phenoxy) is 1. The number of H-pyrrole nitrogens is 1. The van der Waals surface area contributed by atoms with Crippen LogP contribution in [-0.4, -0.2) is 86.2 Å². The number of hydrogen-bond donors (Lipinski definition) is 3. The molecule has 0 aliphatic carbocycles. The molecule has 11 nitrogen and oxygen atoms in total. The molecule has 1 atom stereocenters. The van der Waals surface area contributed by atoms with E-state index < -0.39 is 38.0 Å². The second-order valence-electron chi connectivity index (χ2n) is 12.0. The van der Waals surface area contributed by atoms with Crippen LogP contribution in [0.15, 0.2) is 41.3 Å². The van der Waals surface area contributed by atoms with Crippen molar-refractivity contribution in [3.8, 4) is 0 Å². The molecule has 1 aromatic heterocycles. The smallest absolute Gasteiger partial charge is 0.258 e. The van der Waals surface area contributed by atoms with Crippen molar-refractivity contribution in [2.45, 2.75) is 49.7 Å². The number of aromatic amines is 1. The summed E-state index contributed by atoms with van der Waals surface area (Å²) in [6.07, 6.45) is 2.20. The lowest BCUT2D eigenvalue weighted by Crippen LogP contribution is -2.40. The van der Waals surface area contributed by atoms with Gasteiger partial charge in [-0.3, -0.25) is 9.89 Å². The van der Waals surface area contributed by atoms with Gasteiger partial charge in [0.1, 0.15) is 11.6 Å². The zero-order valence-electron chi connectivity index (χ0n) is 25.0. The fraction of sp³-hybridized carbons (Fsp3) is 0.467. The first-order chi connectivity index (χ1) is 20.9. The first-order valence-electron chi connectivity index (χ1n) is 14.7. The third kappa shape index (κ3) is 5.67. The van der Waals surface area contributed by atoms with E-state index in [1.54, 1.807) is 19.9 Å². The van der Waals surface area contributed by atoms with E-state index in [9.17, 15) is 22.0 Å². The van der Waals surface area contributed by atoms with Gasteiger partial charge in [-0.25, -0.2) is 17.2 Å². The quantitative estimate of drug-likeness (QED) is 0.345. The molecular weight excluding hydrogens is 592 g/mol. The summed E-state index contributed by atoms with van der Waals surface area (Å²) in [4.78, 5) is 17.8. The molecule has 0 bridgehead atoms. The van der Waals surface area contributed by atoms with E-state index in [-0.39, 0.29) is 12.4 Å². The second-order valence-corrected chi connectivity index (χ2v) is 13.9. The Balaban J connectivity index is 1.26. The summed E-state index contributed by atoms with van der Waals surface area (Å²) in [6, 6.07) is 8.25. The standard InChI is InChI=1S/C30H37F2N7O4S/c1-30(2)27-25(18-39(30)44(41,42)23-14-19(31)13-20(32)15-23)28(36-35-27)34-29(40)24-7-6-21(38-9-11-43-12-10-38)16-26(24)33-17-22-5-4-8-37(22)3/h6-7,13-16,22,33H,4-5,8-12,17-18H2,1-3H3,(H2,34,35,36,40)/t22-/m1/s1. The first kappa shape index (κ1) is 30.4. The van der Waals surface area contributed by atoms with Crippen LogP contribution < -0.4 is 15.5 Å². The topological polar surface area (TPSA) is 123 Å². The molecule has 2 saturated heterocycles. The molecule has 1 amide bonds. The van der Waals surface area contributed by atoms with Crippen LogP contribution in [0.3, 0.4) is 0 Å².